The van der Waals surface area contributed by atoms with E-state index in [0.717, 1.165) is 4.90 Å². The summed E-state index contributed by atoms with van der Waals surface area (Å²) in [4.78, 5) is 11.9. The second-order valence-electron chi connectivity index (χ2n) is 3.62. The standard InChI is InChI=1S/C13H10ClNO3S/c1-18-11-7-6-9(14)8-13(11)19-12-5-3-2-4-10(12)15(16)17/h2-8H,1H3. The van der Waals surface area contributed by atoms with E-state index in [1.54, 1.807) is 43.5 Å². The van der Waals surface area contributed by atoms with E-state index in [9.17, 15) is 10.1 Å². The molecule has 0 atom stereocenters. The summed E-state index contributed by atoms with van der Waals surface area (Å²) in [5, 5.41) is 11.5. The third kappa shape index (κ3) is 3.19. The van der Waals surface area contributed by atoms with Gasteiger partial charge in [0.25, 0.3) is 5.69 Å². The third-order valence-electron chi connectivity index (χ3n) is 2.41. The van der Waals surface area contributed by atoms with Gasteiger partial charge in [0.1, 0.15) is 5.75 Å². The first-order valence-electron chi connectivity index (χ1n) is 5.36. The minimum atomic E-state index is -0.403. The Labute approximate surface area is 119 Å². The maximum Gasteiger partial charge on any atom is 0.283 e. The summed E-state index contributed by atoms with van der Waals surface area (Å²) in [6.07, 6.45) is 0. The van der Waals surface area contributed by atoms with E-state index < -0.39 is 4.92 Å². The van der Waals surface area contributed by atoms with E-state index in [1.807, 2.05) is 0 Å². The highest BCUT2D eigenvalue weighted by atomic mass is 35.5. The Kier molecular flexibility index (Phi) is 4.29. The average Bonchev–Trinajstić information content (AvgIpc) is 2.39. The summed E-state index contributed by atoms with van der Waals surface area (Å²) < 4.78 is 5.22. The molecule has 0 unspecified atom stereocenters. The molecule has 0 aliphatic rings. The van der Waals surface area contributed by atoms with Gasteiger partial charge in [-0.25, -0.2) is 0 Å². The SMILES string of the molecule is COc1ccc(Cl)cc1Sc1ccccc1[N+](=O)[O-]. The van der Waals surface area contributed by atoms with Gasteiger partial charge in [-0.15, -0.1) is 0 Å². The van der Waals surface area contributed by atoms with Crippen molar-refractivity contribution in [1.82, 2.24) is 0 Å². The molecule has 0 aliphatic carbocycles. The van der Waals surface area contributed by atoms with Crippen LogP contribution in [0.5, 0.6) is 5.75 Å². The van der Waals surface area contributed by atoms with E-state index in [2.05, 4.69) is 0 Å². The molecule has 19 heavy (non-hydrogen) atoms. The quantitative estimate of drug-likeness (QED) is 0.619. The van der Waals surface area contributed by atoms with Gasteiger partial charge in [-0.2, -0.15) is 0 Å². The summed E-state index contributed by atoms with van der Waals surface area (Å²) >= 11 is 7.20. The highest BCUT2D eigenvalue weighted by Gasteiger charge is 2.15. The largest absolute Gasteiger partial charge is 0.496 e. The van der Waals surface area contributed by atoms with Gasteiger partial charge >= 0.3 is 0 Å². The Balaban J connectivity index is 2.41. The van der Waals surface area contributed by atoms with Crippen LogP contribution in [0.15, 0.2) is 52.3 Å². The molecule has 0 aliphatic heterocycles. The molecule has 0 N–H and O–H groups in total. The molecule has 4 nitrogen and oxygen atoms in total. The van der Waals surface area contributed by atoms with Crippen LogP contribution in [0, 0.1) is 10.1 Å². The topological polar surface area (TPSA) is 52.4 Å². The van der Waals surface area contributed by atoms with Gasteiger partial charge in [0.05, 0.1) is 21.8 Å². The molecule has 0 bridgehead atoms. The van der Waals surface area contributed by atoms with Crippen molar-refractivity contribution in [3.63, 3.8) is 0 Å². The molecule has 0 radical (unpaired) electrons. The van der Waals surface area contributed by atoms with Gasteiger partial charge in [-0.3, -0.25) is 10.1 Å². The zero-order chi connectivity index (χ0) is 13.8. The first-order valence-corrected chi connectivity index (χ1v) is 6.56. The van der Waals surface area contributed by atoms with Gasteiger partial charge in [0, 0.05) is 11.1 Å². The summed E-state index contributed by atoms with van der Waals surface area (Å²) in [5.74, 6) is 0.632. The molecule has 98 valence electrons. The molecule has 0 saturated heterocycles. The van der Waals surface area contributed by atoms with Crippen LogP contribution in [0.25, 0.3) is 0 Å². The van der Waals surface area contributed by atoms with Crippen molar-refractivity contribution >= 4 is 29.1 Å². The summed E-state index contributed by atoms with van der Waals surface area (Å²) in [6.45, 7) is 0. The van der Waals surface area contributed by atoms with E-state index in [-0.39, 0.29) is 5.69 Å². The normalized spacial score (nSPS) is 10.2. The number of nitrogens with zero attached hydrogens (tertiary/aromatic N) is 1. The Morgan fingerprint density at radius 2 is 1.95 bits per heavy atom. The predicted octanol–water partition coefficient (Wildman–Crippen LogP) is 4.41. The number of hydrogen-bond acceptors (Lipinski definition) is 4. The number of para-hydroxylation sites is 1. The number of rotatable bonds is 4. The van der Waals surface area contributed by atoms with Gasteiger partial charge in [-0.05, 0) is 24.3 Å². The molecule has 0 fully saturated rings. The number of methoxy groups -OCH3 is 1. The van der Waals surface area contributed by atoms with Crippen molar-refractivity contribution in [3.8, 4) is 5.75 Å². The van der Waals surface area contributed by atoms with Crippen molar-refractivity contribution in [2.24, 2.45) is 0 Å². The maximum absolute atomic E-state index is 11.0. The number of hydrogen-bond donors (Lipinski definition) is 0. The average molecular weight is 296 g/mol. The number of ether oxygens (including phenoxy) is 1. The van der Waals surface area contributed by atoms with Crippen LogP contribution < -0.4 is 4.74 Å². The number of nitro benzene ring substituents is 1. The lowest BCUT2D eigenvalue weighted by Gasteiger charge is -2.08. The fourth-order valence-corrected chi connectivity index (χ4v) is 2.85. The summed E-state index contributed by atoms with van der Waals surface area (Å²) in [5.41, 5.74) is 0.0644. The zero-order valence-corrected chi connectivity index (χ0v) is 11.6. The fraction of sp³-hybridized carbons (Fsp3) is 0.0769. The molecule has 2 aromatic carbocycles. The third-order valence-corrected chi connectivity index (χ3v) is 3.75. The van der Waals surface area contributed by atoms with Crippen molar-refractivity contribution in [1.29, 1.82) is 0 Å². The Hall–Kier alpha value is -1.72. The Bertz CT molecular complexity index is 619. The summed E-state index contributed by atoms with van der Waals surface area (Å²) in [6, 6.07) is 11.7. The first kappa shape index (κ1) is 13.7. The van der Waals surface area contributed by atoms with E-state index >= 15 is 0 Å². The van der Waals surface area contributed by atoms with E-state index in [0.29, 0.717) is 15.7 Å². The molecule has 0 saturated carbocycles. The van der Waals surface area contributed by atoms with Crippen LogP contribution in [0.2, 0.25) is 5.02 Å². The Morgan fingerprint density at radius 1 is 1.21 bits per heavy atom. The zero-order valence-electron chi connectivity index (χ0n) is 10.00. The smallest absolute Gasteiger partial charge is 0.283 e. The highest BCUT2D eigenvalue weighted by molar-refractivity contribution is 7.99. The molecule has 6 heteroatoms. The monoisotopic (exact) mass is 295 g/mol. The molecular formula is C13H10ClNO3S. The fourth-order valence-electron chi connectivity index (χ4n) is 1.54. The van der Waals surface area contributed by atoms with Crippen LogP contribution in [-0.2, 0) is 0 Å². The lowest BCUT2D eigenvalue weighted by Crippen LogP contribution is -1.91. The van der Waals surface area contributed by atoms with Crippen LogP contribution >= 0.6 is 23.4 Å². The first-order chi connectivity index (χ1) is 9.11. The van der Waals surface area contributed by atoms with Crippen LogP contribution in [0.4, 0.5) is 5.69 Å². The highest BCUT2D eigenvalue weighted by Crippen LogP contribution is 2.40. The second kappa shape index (κ2) is 5.95. The molecule has 0 amide bonds. The van der Waals surface area contributed by atoms with Crippen LogP contribution in [0.3, 0.4) is 0 Å². The molecule has 2 rings (SSSR count). The maximum atomic E-state index is 11.0. The molecule has 0 heterocycles. The molecular weight excluding hydrogens is 286 g/mol. The predicted molar refractivity (Wildman–Crippen MR) is 75.2 cm³/mol. The molecule has 2 aromatic rings. The lowest BCUT2D eigenvalue weighted by molar-refractivity contribution is -0.387. The van der Waals surface area contributed by atoms with Crippen molar-refractivity contribution in [3.05, 3.63) is 57.6 Å². The Morgan fingerprint density at radius 3 is 2.63 bits per heavy atom. The van der Waals surface area contributed by atoms with Crippen molar-refractivity contribution in [2.75, 3.05) is 7.11 Å². The lowest BCUT2D eigenvalue weighted by atomic mass is 10.3. The minimum absolute atomic E-state index is 0.0644. The number of nitro groups is 1. The van der Waals surface area contributed by atoms with Crippen LogP contribution in [0.1, 0.15) is 0 Å². The van der Waals surface area contributed by atoms with Gasteiger partial charge in [0.15, 0.2) is 0 Å². The van der Waals surface area contributed by atoms with Crippen molar-refractivity contribution in [2.45, 2.75) is 9.79 Å². The molecule has 0 spiro atoms. The van der Waals surface area contributed by atoms with Gasteiger partial charge < -0.3 is 4.74 Å². The number of benzene rings is 2. The number of halogens is 1. The summed E-state index contributed by atoms with van der Waals surface area (Å²) in [7, 11) is 1.55. The second-order valence-corrected chi connectivity index (χ2v) is 5.14. The van der Waals surface area contributed by atoms with Gasteiger partial charge in [-0.1, -0.05) is 35.5 Å². The van der Waals surface area contributed by atoms with E-state index in [4.69, 9.17) is 16.3 Å². The van der Waals surface area contributed by atoms with E-state index in [1.165, 1.54) is 17.8 Å². The van der Waals surface area contributed by atoms with Gasteiger partial charge in [0.2, 0.25) is 0 Å². The van der Waals surface area contributed by atoms with Crippen LogP contribution in [-0.4, -0.2) is 12.0 Å². The van der Waals surface area contributed by atoms with Crippen molar-refractivity contribution < 1.29 is 9.66 Å². The molecule has 0 aromatic heterocycles. The minimum Gasteiger partial charge on any atom is -0.496 e.